The van der Waals surface area contributed by atoms with E-state index < -0.39 is 11.2 Å². The van der Waals surface area contributed by atoms with Gasteiger partial charge in [0.15, 0.2) is 0 Å². The lowest BCUT2D eigenvalue weighted by Gasteiger charge is -2.38. The van der Waals surface area contributed by atoms with Gasteiger partial charge in [-0.2, -0.15) is 0 Å². The zero-order chi connectivity index (χ0) is 37.1. The summed E-state index contributed by atoms with van der Waals surface area (Å²) in [4.78, 5) is 5.10. The molecule has 0 aliphatic carbocycles. The lowest BCUT2D eigenvalue weighted by molar-refractivity contribution is 0.0359. The molecule has 0 spiro atoms. The topological polar surface area (TPSA) is 77.4 Å². The molecule has 4 N–H and O–H groups in total. The minimum absolute atomic E-state index is 0.379. The maximum absolute atomic E-state index is 12.8. The van der Waals surface area contributed by atoms with E-state index in [2.05, 4.69) is 34.9 Å². The smallest absolute Gasteiger partial charge is 0.130 e. The summed E-state index contributed by atoms with van der Waals surface area (Å²) in [7, 11) is 0. The summed E-state index contributed by atoms with van der Waals surface area (Å²) < 4.78 is 0. The molecule has 2 atom stereocenters. The molecule has 0 bridgehead atoms. The van der Waals surface area contributed by atoms with Crippen LogP contribution in [-0.4, -0.2) is 27.3 Å². The normalized spacial score (nSPS) is 12.9. The number of aliphatic hydroxyl groups is 2. The van der Waals surface area contributed by atoms with Gasteiger partial charge in [0.05, 0.1) is 11.4 Å². The lowest BCUT2D eigenvalue weighted by atomic mass is 9.77. The fourth-order valence-corrected chi connectivity index (χ4v) is 7.52. The molecule has 54 heavy (non-hydrogen) atoms. The highest BCUT2D eigenvalue weighted by atomic mass is 16.3. The molecule has 0 amide bonds. The summed E-state index contributed by atoms with van der Waals surface area (Å²) in [6, 6.07) is 65.6. The SMILES string of the molecule is OC(c1ccccc1)(c1ccccc1)[C@H](Cc1ccccc1)NCc1cccc(CN[C@@H](Cc2ccccc2)C(O)(c2ccccc2)c2ccccc2)n1. The van der Waals surface area contributed by atoms with Gasteiger partial charge >= 0.3 is 0 Å². The van der Waals surface area contributed by atoms with E-state index in [1.54, 1.807) is 0 Å². The Bertz CT molecular complexity index is 1920. The highest BCUT2D eigenvalue weighted by molar-refractivity contribution is 5.41. The number of hydrogen-bond acceptors (Lipinski definition) is 5. The molecule has 5 nitrogen and oxygen atoms in total. The van der Waals surface area contributed by atoms with E-state index in [0.717, 1.165) is 44.8 Å². The van der Waals surface area contributed by atoms with Crippen molar-refractivity contribution in [2.45, 2.75) is 49.2 Å². The molecule has 6 aromatic carbocycles. The number of aromatic nitrogens is 1. The van der Waals surface area contributed by atoms with Gasteiger partial charge < -0.3 is 20.8 Å². The van der Waals surface area contributed by atoms with Crippen molar-refractivity contribution < 1.29 is 10.2 Å². The molecule has 270 valence electrons. The molecule has 0 saturated carbocycles. The Morgan fingerprint density at radius 2 is 0.648 bits per heavy atom. The fraction of sp³-hybridized carbons (Fsp3) is 0.163. The summed E-state index contributed by atoms with van der Waals surface area (Å²) in [5.41, 5.74) is 4.62. The number of rotatable bonds is 16. The number of nitrogens with zero attached hydrogens (tertiary/aromatic N) is 1. The van der Waals surface area contributed by atoms with Crippen molar-refractivity contribution in [3.8, 4) is 0 Å². The summed E-state index contributed by atoms with van der Waals surface area (Å²) in [6.07, 6.45) is 1.20. The maximum atomic E-state index is 12.8. The average molecular weight is 710 g/mol. The standard InChI is InChI=1S/C49H47N3O2/c53-48(40-24-11-3-12-25-40,41-26-13-4-14-27-41)46(34-38-20-7-1-8-21-38)50-36-44-32-19-33-45(52-44)37-51-47(35-39-22-9-2-10-23-39)49(54,42-28-15-5-16-29-42)43-30-17-6-18-31-43/h1-33,46-47,50-51,53-54H,34-37H2/t46-,47-/m0/s1. The highest BCUT2D eigenvalue weighted by Crippen LogP contribution is 2.36. The van der Waals surface area contributed by atoms with Gasteiger partial charge in [-0.05, 0) is 58.4 Å². The van der Waals surface area contributed by atoms with Crippen LogP contribution in [0.5, 0.6) is 0 Å². The van der Waals surface area contributed by atoms with Crippen molar-refractivity contribution in [1.29, 1.82) is 0 Å². The number of nitrogens with one attached hydrogen (secondary N) is 2. The van der Waals surface area contributed by atoms with E-state index >= 15 is 0 Å². The van der Waals surface area contributed by atoms with Crippen molar-refractivity contribution in [2.75, 3.05) is 0 Å². The molecule has 0 fully saturated rings. The van der Waals surface area contributed by atoms with Gasteiger partial charge in [0.1, 0.15) is 11.2 Å². The fourth-order valence-electron chi connectivity index (χ4n) is 7.52. The Morgan fingerprint density at radius 3 is 0.944 bits per heavy atom. The molecular weight excluding hydrogens is 663 g/mol. The third kappa shape index (κ3) is 8.41. The molecular formula is C49H47N3O2. The predicted molar refractivity (Wildman–Crippen MR) is 218 cm³/mol. The largest absolute Gasteiger partial charge is 0.379 e. The van der Waals surface area contributed by atoms with Crippen molar-refractivity contribution in [1.82, 2.24) is 15.6 Å². The van der Waals surface area contributed by atoms with Gasteiger partial charge in [-0.25, -0.2) is 0 Å². The average Bonchev–Trinajstić information content (AvgIpc) is 3.25. The minimum atomic E-state index is -1.32. The first kappa shape index (κ1) is 36.7. The van der Waals surface area contributed by atoms with Crippen molar-refractivity contribution >= 4 is 0 Å². The Morgan fingerprint density at radius 1 is 0.370 bits per heavy atom. The van der Waals surface area contributed by atoms with Gasteiger partial charge in [-0.1, -0.05) is 188 Å². The first-order valence-corrected chi connectivity index (χ1v) is 18.7. The predicted octanol–water partition coefficient (Wildman–Crippen LogP) is 8.36. The van der Waals surface area contributed by atoms with E-state index in [4.69, 9.17) is 4.98 Å². The minimum Gasteiger partial charge on any atom is -0.379 e. The van der Waals surface area contributed by atoms with Crippen LogP contribution in [0.4, 0.5) is 0 Å². The van der Waals surface area contributed by atoms with Crippen LogP contribution >= 0.6 is 0 Å². The molecule has 0 saturated heterocycles. The van der Waals surface area contributed by atoms with E-state index in [9.17, 15) is 10.2 Å². The van der Waals surface area contributed by atoms with Crippen LogP contribution in [0.2, 0.25) is 0 Å². The highest BCUT2D eigenvalue weighted by Gasteiger charge is 2.41. The van der Waals surface area contributed by atoms with E-state index in [0.29, 0.717) is 25.9 Å². The van der Waals surface area contributed by atoms with Crippen LogP contribution in [0.3, 0.4) is 0 Å². The number of pyridine rings is 1. The summed E-state index contributed by atoms with van der Waals surface area (Å²) >= 11 is 0. The monoisotopic (exact) mass is 709 g/mol. The summed E-state index contributed by atoms with van der Waals surface area (Å²) in [6.45, 7) is 0.886. The van der Waals surface area contributed by atoms with E-state index in [1.165, 1.54) is 0 Å². The molecule has 1 heterocycles. The summed E-state index contributed by atoms with van der Waals surface area (Å²) in [5, 5.41) is 33.1. The Labute approximate surface area is 319 Å². The first-order chi connectivity index (χ1) is 26.5. The second kappa shape index (κ2) is 17.4. The zero-order valence-electron chi connectivity index (χ0n) is 30.4. The van der Waals surface area contributed by atoms with Crippen molar-refractivity contribution in [3.05, 3.63) is 245 Å². The van der Waals surface area contributed by atoms with E-state index in [1.807, 2.05) is 176 Å². The van der Waals surface area contributed by atoms with Crippen molar-refractivity contribution in [2.24, 2.45) is 0 Å². The Hall–Kier alpha value is -5.69. The zero-order valence-corrected chi connectivity index (χ0v) is 30.4. The molecule has 7 rings (SSSR count). The van der Waals surface area contributed by atoms with Crippen LogP contribution in [-0.2, 0) is 37.1 Å². The molecule has 5 heteroatoms. The lowest BCUT2D eigenvalue weighted by Crippen LogP contribution is -2.51. The van der Waals surface area contributed by atoms with Crippen LogP contribution in [0.25, 0.3) is 0 Å². The Balaban J connectivity index is 1.17. The number of benzene rings is 6. The molecule has 0 radical (unpaired) electrons. The molecule has 1 aromatic heterocycles. The second-order valence-electron chi connectivity index (χ2n) is 13.9. The van der Waals surface area contributed by atoms with Crippen LogP contribution in [0, 0.1) is 0 Å². The molecule has 7 aromatic rings. The summed E-state index contributed by atoms with van der Waals surface area (Å²) in [5.74, 6) is 0. The van der Waals surface area contributed by atoms with Crippen LogP contribution in [0.15, 0.2) is 200 Å². The van der Waals surface area contributed by atoms with Crippen LogP contribution in [0.1, 0.15) is 44.8 Å². The molecule has 0 aliphatic rings. The van der Waals surface area contributed by atoms with Gasteiger partial charge in [0.25, 0.3) is 0 Å². The quantitative estimate of drug-likeness (QED) is 0.0812. The maximum Gasteiger partial charge on any atom is 0.130 e. The van der Waals surface area contributed by atoms with Crippen molar-refractivity contribution in [3.63, 3.8) is 0 Å². The van der Waals surface area contributed by atoms with Gasteiger partial charge in [0.2, 0.25) is 0 Å². The molecule has 0 aliphatic heterocycles. The first-order valence-electron chi connectivity index (χ1n) is 18.7. The molecule has 0 unspecified atom stereocenters. The van der Waals surface area contributed by atoms with E-state index in [-0.39, 0.29) is 12.1 Å². The van der Waals surface area contributed by atoms with Crippen LogP contribution < -0.4 is 10.6 Å². The van der Waals surface area contributed by atoms with Gasteiger partial charge in [0, 0.05) is 25.2 Å². The Kier molecular flexibility index (Phi) is 11.8. The third-order valence-corrected chi connectivity index (χ3v) is 10.4. The second-order valence-corrected chi connectivity index (χ2v) is 13.9. The van der Waals surface area contributed by atoms with Gasteiger partial charge in [-0.3, -0.25) is 4.98 Å². The number of hydrogen-bond donors (Lipinski definition) is 4. The third-order valence-electron chi connectivity index (χ3n) is 10.4. The van der Waals surface area contributed by atoms with Gasteiger partial charge in [-0.15, -0.1) is 0 Å².